The van der Waals surface area contributed by atoms with Crippen molar-refractivity contribution in [1.82, 2.24) is 0 Å². The van der Waals surface area contributed by atoms with Crippen LogP contribution in [0, 0.1) is 20.8 Å². The molecule has 1 atom stereocenters. The Balaban J connectivity index is 1.49. The van der Waals surface area contributed by atoms with Gasteiger partial charge in [0.25, 0.3) is 10.0 Å². The van der Waals surface area contributed by atoms with E-state index in [9.17, 15) is 8.42 Å². The van der Waals surface area contributed by atoms with E-state index < -0.39 is 15.7 Å². The molecular formula is C31H32N2O3S. The Morgan fingerprint density at radius 1 is 0.892 bits per heavy atom. The van der Waals surface area contributed by atoms with Crippen molar-refractivity contribution in [2.45, 2.75) is 57.1 Å². The summed E-state index contributed by atoms with van der Waals surface area (Å²) in [6, 6.07) is 22.1. The van der Waals surface area contributed by atoms with Gasteiger partial charge in [0.2, 0.25) is 0 Å². The first kappa shape index (κ1) is 23.9. The lowest BCUT2D eigenvalue weighted by Crippen LogP contribution is -2.58. The van der Waals surface area contributed by atoms with Crippen LogP contribution in [0.3, 0.4) is 0 Å². The molecule has 1 N–H and O–H groups in total. The zero-order valence-electron chi connectivity index (χ0n) is 22.1. The zero-order valence-corrected chi connectivity index (χ0v) is 23.0. The highest BCUT2D eigenvalue weighted by atomic mass is 32.2. The molecule has 0 aliphatic carbocycles. The predicted octanol–water partition coefficient (Wildman–Crippen LogP) is 6.62. The topological polar surface area (TPSA) is 58.6 Å². The van der Waals surface area contributed by atoms with Gasteiger partial charge < -0.3 is 9.64 Å². The van der Waals surface area contributed by atoms with Crippen LogP contribution in [0.2, 0.25) is 0 Å². The van der Waals surface area contributed by atoms with Gasteiger partial charge in [0.15, 0.2) is 5.72 Å². The highest BCUT2D eigenvalue weighted by Gasteiger charge is 2.60. The highest BCUT2D eigenvalue weighted by Crippen LogP contribution is 2.57. The molecule has 6 heteroatoms. The van der Waals surface area contributed by atoms with Gasteiger partial charge in [0.05, 0.1) is 16.0 Å². The number of likely N-dealkylation sites (N-methyl/N-ethyl adjacent to an activating group) is 1. The molecule has 1 unspecified atom stereocenters. The van der Waals surface area contributed by atoms with Crippen LogP contribution in [0.1, 0.15) is 41.7 Å². The summed E-state index contributed by atoms with van der Waals surface area (Å²) in [6.07, 6.45) is 0.642. The fraction of sp³-hybridized carbons (Fsp3) is 0.290. The van der Waals surface area contributed by atoms with Gasteiger partial charge in [0, 0.05) is 35.5 Å². The molecule has 190 valence electrons. The molecule has 0 amide bonds. The van der Waals surface area contributed by atoms with E-state index in [-0.39, 0.29) is 5.41 Å². The number of benzene rings is 4. The van der Waals surface area contributed by atoms with Crippen LogP contribution < -0.4 is 14.4 Å². The minimum absolute atomic E-state index is 0.283. The van der Waals surface area contributed by atoms with E-state index in [4.69, 9.17) is 4.74 Å². The zero-order chi connectivity index (χ0) is 26.3. The summed E-state index contributed by atoms with van der Waals surface area (Å²) in [5, 5.41) is 1.73. The number of nitrogens with one attached hydrogen (secondary N) is 1. The summed E-state index contributed by atoms with van der Waals surface area (Å²) >= 11 is 0. The van der Waals surface area contributed by atoms with Crippen LogP contribution in [-0.2, 0) is 21.9 Å². The standard InChI is InChI=1S/C31H32N2O3S/c1-19-15-20(2)29(21(3)16-19)37(34,35)32-26-17-22-18-31(36-28(22)24-12-8-7-11-23(24)26)30(4,5)25-13-9-10-14-27(25)33(31)6/h7-17,32H,18H2,1-6H3. The Kier molecular flexibility index (Phi) is 5.00. The number of hydrogen-bond donors (Lipinski definition) is 1. The van der Waals surface area contributed by atoms with E-state index in [2.05, 4.69) is 54.8 Å². The van der Waals surface area contributed by atoms with E-state index in [1.54, 1.807) is 0 Å². The largest absolute Gasteiger partial charge is 0.466 e. The summed E-state index contributed by atoms with van der Waals surface area (Å²) in [4.78, 5) is 2.59. The van der Waals surface area contributed by atoms with Crippen LogP contribution in [0.25, 0.3) is 10.8 Å². The second-order valence-corrected chi connectivity index (χ2v) is 12.7. The van der Waals surface area contributed by atoms with Crippen molar-refractivity contribution in [3.8, 4) is 5.75 Å². The molecule has 2 aliphatic heterocycles. The molecule has 1 spiro atoms. The summed E-state index contributed by atoms with van der Waals surface area (Å²) in [6.45, 7) is 10.1. The lowest BCUT2D eigenvalue weighted by Gasteiger charge is -2.42. The Labute approximate surface area is 219 Å². The fourth-order valence-corrected chi connectivity index (χ4v) is 8.17. The summed E-state index contributed by atoms with van der Waals surface area (Å²) in [7, 11) is -1.71. The lowest BCUT2D eigenvalue weighted by molar-refractivity contribution is 0.0362. The van der Waals surface area contributed by atoms with Gasteiger partial charge in [-0.3, -0.25) is 4.72 Å². The SMILES string of the molecule is Cc1cc(C)c(S(=O)(=O)Nc2cc3c(c4ccccc24)OC2(C3)N(C)c3ccccc3C2(C)C)c(C)c1. The third kappa shape index (κ3) is 3.24. The predicted molar refractivity (Wildman–Crippen MR) is 150 cm³/mol. The maximum atomic E-state index is 13.7. The van der Waals surface area contributed by atoms with Gasteiger partial charge in [-0.1, -0.05) is 60.2 Å². The molecule has 0 saturated heterocycles. The number of sulfonamides is 1. The van der Waals surface area contributed by atoms with Crippen molar-refractivity contribution in [3.05, 3.63) is 94.5 Å². The van der Waals surface area contributed by atoms with Crippen LogP contribution in [0.15, 0.2) is 71.6 Å². The van der Waals surface area contributed by atoms with E-state index in [1.165, 1.54) is 5.56 Å². The van der Waals surface area contributed by atoms with Crippen molar-refractivity contribution in [2.24, 2.45) is 0 Å². The number of rotatable bonds is 3. The van der Waals surface area contributed by atoms with Crippen LogP contribution in [0.4, 0.5) is 11.4 Å². The first-order valence-electron chi connectivity index (χ1n) is 12.6. The first-order chi connectivity index (χ1) is 17.5. The van der Waals surface area contributed by atoms with E-state index in [1.807, 2.05) is 63.2 Å². The number of nitrogens with zero attached hydrogens (tertiary/aromatic N) is 1. The molecule has 5 nitrogen and oxygen atoms in total. The Bertz CT molecular complexity index is 1680. The maximum Gasteiger partial charge on any atom is 0.262 e. The van der Waals surface area contributed by atoms with Crippen molar-refractivity contribution in [2.75, 3.05) is 16.7 Å². The van der Waals surface area contributed by atoms with Gasteiger partial charge in [-0.15, -0.1) is 0 Å². The highest BCUT2D eigenvalue weighted by molar-refractivity contribution is 7.92. The van der Waals surface area contributed by atoms with Gasteiger partial charge in [-0.05, 0) is 63.4 Å². The lowest BCUT2D eigenvalue weighted by atomic mass is 9.76. The summed E-state index contributed by atoms with van der Waals surface area (Å²) in [5.41, 5.74) is 5.62. The molecule has 0 radical (unpaired) electrons. The van der Waals surface area contributed by atoms with Gasteiger partial charge in [-0.25, -0.2) is 8.42 Å². The number of ether oxygens (including phenoxy) is 1. The van der Waals surface area contributed by atoms with Crippen LogP contribution >= 0.6 is 0 Å². The molecule has 2 aliphatic rings. The molecular weight excluding hydrogens is 480 g/mol. The smallest absolute Gasteiger partial charge is 0.262 e. The van der Waals surface area contributed by atoms with Crippen LogP contribution in [-0.4, -0.2) is 21.2 Å². The summed E-state index contributed by atoms with van der Waals surface area (Å²) in [5.74, 6) is 0.828. The number of fused-ring (bicyclic) bond motifs is 4. The molecule has 6 rings (SSSR count). The molecule has 4 aromatic carbocycles. The second-order valence-electron chi connectivity index (χ2n) is 11.1. The minimum Gasteiger partial charge on any atom is -0.466 e. The number of anilines is 2. The third-order valence-corrected chi connectivity index (χ3v) is 10.0. The van der Waals surface area contributed by atoms with Gasteiger partial charge >= 0.3 is 0 Å². The summed E-state index contributed by atoms with van der Waals surface area (Å²) < 4.78 is 37.3. The van der Waals surface area contributed by atoms with E-state index >= 15 is 0 Å². The first-order valence-corrected chi connectivity index (χ1v) is 14.1. The van der Waals surface area contributed by atoms with Crippen molar-refractivity contribution < 1.29 is 13.2 Å². The Hall–Kier alpha value is -3.51. The quantitative estimate of drug-likeness (QED) is 0.335. The Morgan fingerprint density at radius 3 is 2.19 bits per heavy atom. The third-order valence-electron chi connectivity index (χ3n) is 8.35. The number of hydrogen-bond acceptors (Lipinski definition) is 4. The maximum absolute atomic E-state index is 13.7. The Morgan fingerprint density at radius 2 is 1.51 bits per heavy atom. The number of aryl methyl sites for hydroxylation is 3. The van der Waals surface area contributed by atoms with Crippen molar-refractivity contribution in [3.63, 3.8) is 0 Å². The number of para-hydroxylation sites is 1. The average Bonchev–Trinajstić information content (AvgIpc) is 3.30. The molecule has 0 saturated carbocycles. The molecule has 4 aromatic rings. The molecule has 0 fully saturated rings. The van der Waals surface area contributed by atoms with E-state index in [0.29, 0.717) is 17.0 Å². The molecule has 37 heavy (non-hydrogen) atoms. The van der Waals surface area contributed by atoms with Crippen molar-refractivity contribution >= 4 is 32.2 Å². The minimum atomic E-state index is -3.81. The average molecular weight is 513 g/mol. The fourth-order valence-electron chi connectivity index (χ4n) is 6.65. The van der Waals surface area contributed by atoms with E-state index in [0.717, 1.165) is 44.5 Å². The molecule has 0 bridgehead atoms. The normalized spacial score (nSPS) is 19.7. The second kappa shape index (κ2) is 7.75. The monoisotopic (exact) mass is 512 g/mol. The van der Waals surface area contributed by atoms with Gasteiger partial charge in [0.1, 0.15) is 5.75 Å². The van der Waals surface area contributed by atoms with Crippen molar-refractivity contribution in [1.29, 1.82) is 0 Å². The molecule has 0 aromatic heterocycles. The molecule has 2 heterocycles. The van der Waals surface area contributed by atoms with Gasteiger partial charge in [-0.2, -0.15) is 0 Å². The van der Waals surface area contributed by atoms with Crippen LogP contribution in [0.5, 0.6) is 5.75 Å².